The van der Waals surface area contributed by atoms with E-state index in [2.05, 4.69) is 38.3 Å². The normalized spacial score (nSPS) is 17.4. The molecule has 0 unspecified atom stereocenters. The van der Waals surface area contributed by atoms with Gasteiger partial charge in [-0.1, -0.05) is 18.6 Å². The zero-order chi connectivity index (χ0) is 12.6. The first-order valence-corrected chi connectivity index (χ1v) is 6.10. The number of rotatable bonds is 2. The highest BCUT2D eigenvalue weighted by Gasteiger charge is 2.46. The second-order valence-corrected chi connectivity index (χ2v) is 5.16. The molecule has 3 nitrogen and oxygen atoms in total. The zero-order valence-corrected chi connectivity index (χ0v) is 10.8. The number of nitrogens with one attached hydrogen (secondary N) is 1. The van der Waals surface area contributed by atoms with Gasteiger partial charge in [0.1, 0.15) is 0 Å². The number of hydrazine groups is 1. The number of nitrogens with two attached hydrogens (primary N) is 1. The van der Waals surface area contributed by atoms with Crippen LogP contribution in [-0.4, -0.2) is 5.91 Å². The summed E-state index contributed by atoms with van der Waals surface area (Å²) in [4.78, 5) is 12.0. The Morgan fingerprint density at radius 3 is 2.24 bits per heavy atom. The van der Waals surface area contributed by atoms with Crippen molar-refractivity contribution >= 4 is 5.91 Å². The van der Waals surface area contributed by atoms with E-state index in [1.165, 1.54) is 16.7 Å². The van der Waals surface area contributed by atoms with E-state index in [1.807, 2.05) is 0 Å². The minimum atomic E-state index is -0.378. The van der Waals surface area contributed by atoms with E-state index in [4.69, 9.17) is 5.84 Å². The lowest BCUT2D eigenvalue weighted by molar-refractivity contribution is -0.130. The number of carbonyl (C=O) groups excluding carboxylic acids is 1. The van der Waals surface area contributed by atoms with Crippen LogP contribution in [0.4, 0.5) is 0 Å². The Kier molecular flexibility index (Phi) is 2.96. The molecule has 0 aromatic heterocycles. The largest absolute Gasteiger partial charge is 0.293 e. The molecular weight excluding hydrogens is 212 g/mol. The molecule has 1 saturated carbocycles. The van der Waals surface area contributed by atoms with Gasteiger partial charge in [0.2, 0.25) is 5.91 Å². The molecule has 0 spiro atoms. The van der Waals surface area contributed by atoms with Gasteiger partial charge in [-0.05, 0) is 55.9 Å². The van der Waals surface area contributed by atoms with Crippen LogP contribution in [0.5, 0.6) is 0 Å². The van der Waals surface area contributed by atoms with Crippen LogP contribution >= 0.6 is 0 Å². The second kappa shape index (κ2) is 4.15. The maximum atomic E-state index is 12.0. The van der Waals surface area contributed by atoms with Crippen LogP contribution in [0.25, 0.3) is 0 Å². The van der Waals surface area contributed by atoms with Crippen molar-refractivity contribution in [1.82, 2.24) is 5.43 Å². The molecule has 17 heavy (non-hydrogen) atoms. The van der Waals surface area contributed by atoms with E-state index < -0.39 is 0 Å². The van der Waals surface area contributed by atoms with Crippen molar-refractivity contribution in [3.8, 4) is 0 Å². The molecule has 0 heterocycles. The molecule has 1 aromatic rings. The first-order chi connectivity index (χ1) is 8.01. The number of aryl methyl sites for hydroxylation is 3. The van der Waals surface area contributed by atoms with Crippen LogP contribution in [-0.2, 0) is 10.2 Å². The molecular formula is C14H20N2O. The summed E-state index contributed by atoms with van der Waals surface area (Å²) in [6.07, 6.45) is 2.90. The molecule has 0 bridgehead atoms. The van der Waals surface area contributed by atoms with E-state index in [1.54, 1.807) is 0 Å². The fraction of sp³-hybridized carbons (Fsp3) is 0.500. The van der Waals surface area contributed by atoms with E-state index in [0.29, 0.717) is 0 Å². The Morgan fingerprint density at radius 2 is 1.76 bits per heavy atom. The Bertz CT molecular complexity index is 462. The minimum absolute atomic E-state index is 0.0462. The predicted octanol–water partition coefficient (Wildman–Crippen LogP) is 2.02. The third-order valence-corrected chi connectivity index (χ3v) is 4.13. The fourth-order valence-electron chi connectivity index (χ4n) is 2.76. The van der Waals surface area contributed by atoms with E-state index in [9.17, 15) is 4.79 Å². The number of hydrogen-bond donors (Lipinski definition) is 2. The first kappa shape index (κ1) is 12.1. The van der Waals surface area contributed by atoms with Crippen molar-refractivity contribution in [2.75, 3.05) is 0 Å². The summed E-state index contributed by atoms with van der Waals surface area (Å²) in [6, 6.07) is 4.31. The van der Waals surface area contributed by atoms with Gasteiger partial charge in [0, 0.05) is 0 Å². The van der Waals surface area contributed by atoms with Crippen molar-refractivity contribution in [3.05, 3.63) is 34.4 Å². The average Bonchev–Trinajstić information content (AvgIpc) is 2.23. The van der Waals surface area contributed by atoms with Gasteiger partial charge in [0.15, 0.2) is 0 Å². The van der Waals surface area contributed by atoms with Gasteiger partial charge in [0.25, 0.3) is 0 Å². The molecule has 1 aromatic carbocycles. The van der Waals surface area contributed by atoms with Crippen molar-refractivity contribution in [1.29, 1.82) is 0 Å². The van der Waals surface area contributed by atoms with Gasteiger partial charge >= 0.3 is 0 Å². The smallest absolute Gasteiger partial charge is 0.244 e. The molecule has 0 aliphatic heterocycles. The summed E-state index contributed by atoms with van der Waals surface area (Å²) in [5.41, 5.74) is 6.80. The zero-order valence-electron chi connectivity index (χ0n) is 10.8. The Balaban J connectivity index is 2.52. The number of hydrogen-bond acceptors (Lipinski definition) is 2. The third-order valence-electron chi connectivity index (χ3n) is 4.13. The topological polar surface area (TPSA) is 55.1 Å². The van der Waals surface area contributed by atoms with E-state index in [0.717, 1.165) is 24.8 Å². The highest BCUT2D eigenvalue weighted by molar-refractivity contribution is 5.89. The van der Waals surface area contributed by atoms with Gasteiger partial charge in [-0.25, -0.2) is 5.84 Å². The van der Waals surface area contributed by atoms with Crippen LogP contribution in [0.1, 0.15) is 41.5 Å². The molecule has 3 N–H and O–H groups in total. The number of carbonyl (C=O) groups is 1. The van der Waals surface area contributed by atoms with Gasteiger partial charge in [-0.2, -0.15) is 0 Å². The molecule has 0 atom stereocenters. The summed E-state index contributed by atoms with van der Waals surface area (Å²) in [7, 11) is 0. The van der Waals surface area contributed by atoms with E-state index in [-0.39, 0.29) is 11.3 Å². The molecule has 2 rings (SSSR count). The highest BCUT2D eigenvalue weighted by Crippen LogP contribution is 2.45. The minimum Gasteiger partial charge on any atom is -0.293 e. The van der Waals surface area contributed by atoms with Crippen LogP contribution in [0.3, 0.4) is 0 Å². The molecule has 1 aliphatic rings. The van der Waals surface area contributed by atoms with Gasteiger partial charge in [0.05, 0.1) is 5.41 Å². The maximum absolute atomic E-state index is 12.0. The third kappa shape index (κ3) is 1.75. The summed E-state index contributed by atoms with van der Waals surface area (Å²) < 4.78 is 0. The van der Waals surface area contributed by atoms with Gasteiger partial charge in [-0.15, -0.1) is 0 Å². The molecule has 1 amide bonds. The maximum Gasteiger partial charge on any atom is 0.244 e. The predicted molar refractivity (Wildman–Crippen MR) is 68.5 cm³/mol. The Labute approximate surface area is 102 Å². The lowest BCUT2D eigenvalue weighted by Crippen LogP contribution is -2.51. The van der Waals surface area contributed by atoms with Crippen LogP contribution in [0.2, 0.25) is 0 Å². The van der Waals surface area contributed by atoms with Crippen molar-refractivity contribution in [2.24, 2.45) is 5.84 Å². The molecule has 1 aliphatic carbocycles. The summed E-state index contributed by atoms with van der Waals surface area (Å²) >= 11 is 0. The van der Waals surface area contributed by atoms with Crippen molar-refractivity contribution in [3.63, 3.8) is 0 Å². The Morgan fingerprint density at radius 1 is 1.18 bits per heavy atom. The van der Waals surface area contributed by atoms with Gasteiger partial charge in [-0.3, -0.25) is 10.2 Å². The molecule has 92 valence electrons. The lowest BCUT2D eigenvalue weighted by atomic mass is 9.62. The first-order valence-electron chi connectivity index (χ1n) is 6.10. The summed E-state index contributed by atoms with van der Waals surface area (Å²) in [5.74, 6) is 5.28. The SMILES string of the molecule is Cc1cc(C)c(C2(C(=O)NN)CCC2)cc1C. The monoisotopic (exact) mass is 232 g/mol. The second-order valence-electron chi connectivity index (χ2n) is 5.16. The molecule has 1 fully saturated rings. The van der Waals surface area contributed by atoms with Crippen LogP contribution in [0, 0.1) is 20.8 Å². The molecule has 0 saturated heterocycles. The lowest BCUT2D eigenvalue weighted by Gasteiger charge is -2.41. The standard InChI is InChI=1S/C14H20N2O/c1-9-7-11(3)12(8-10(9)2)14(5-4-6-14)13(17)16-15/h7-8H,4-6,15H2,1-3H3,(H,16,17). The summed E-state index contributed by atoms with van der Waals surface area (Å²) in [6.45, 7) is 6.26. The van der Waals surface area contributed by atoms with Crippen LogP contribution < -0.4 is 11.3 Å². The van der Waals surface area contributed by atoms with E-state index >= 15 is 0 Å². The average molecular weight is 232 g/mol. The molecule has 0 radical (unpaired) electrons. The van der Waals surface area contributed by atoms with Gasteiger partial charge < -0.3 is 0 Å². The van der Waals surface area contributed by atoms with Crippen molar-refractivity contribution in [2.45, 2.75) is 45.4 Å². The Hall–Kier alpha value is -1.35. The number of amides is 1. The summed E-state index contributed by atoms with van der Waals surface area (Å²) in [5, 5.41) is 0. The van der Waals surface area contributed by atoms with Crippen molar-refractivity contribution < 1.29 is 4.79 Å². The quantitative estimate of drug-likeness (QED) is 0.465. The fourth-order valence-corrected chi connectivity index (χ4v) is 2.76. The molecule has 3 heteroatoms. The number of benzene rings is 1. The van der Waals surface area contributed by atoms with Crippen LogP contribution in [0.15, 0.2) is 12.1 Å². The highest BCUT2D eigenvalue weighted by atomic mass is 16.2.